The van der Waals surface area contributed by atoms with Crippen LogP contribution in [0.25, 0.3) is 11.1 Å². The van der Waals surface area contributed by atoms with Gasteiger partial charge in [-0.1, -0.05) is 82.7 Å². The van der Waals surface area contributed by atoms with Crippen LogP contribution in [0.3, 0.4) is 0 Å². The molecule has 0 N–H and O–H groups in total. The Morgan fingerprint density at radius 2 is 0.962 bits per heavy atom. The summed E-state index contributed by atoms with van der Waals surface area (Å²) in [6.07, 6.45) is 0. The Balaban J connectivity index is 1.88. The molecule has 4 aromatic carbocycles. The SMILES string of the molecule is Brc1cc(-c2ccccc2)cc(N(c2ccccc2)c2ccccc2)c1. The number of hydrogen-bond acceptors (Lipinski definition) is 1. The molecule has 26 heavy (non-hydrogen) atoms. The van der Waals surface area contributed by atoms with Crippen molar-refractivity contribution in [1.82, 2.24) is 0 Å². The maximum Gasteiger partial charge on any atom is 0.0479 e. The predicted molar refractivity (Wildman–Crippen MR) is 114 cm³/mol. The van der Waals surface area contributed by atoms with Crippen LogP contribution in [-0.2, 0) is 0 Å². The molecule has 0 amide bonds. The zero-order valence-electron chi connectivity index (χ0n) is 14.2. The monoisotopic (exact) mass is 399 g/mol. The summed E-state index contributed by atoms with van der Waals surface area (Å²) < 4.78 is 1.06. The van der Waals surface area contributed by atoms with Crippen LogP contribution in [-0.4, -0.2) is 0 Å². The molecule has 0 spiro atoms. The first-order valence-electron chi connectivity index (χ1n) is 8.57. The second-order valence-corrected chi connectivity index (χ2v) is 6.99. The van der Waals surface area contributed by atoms with Gasteiger partial charge in [0.15, 0.2) is 0 Å². The molecule has 0 aliphatic heterocycles. The maximum atomic E-state index is 3.70. The Labute approximate surface area is 162 Å². The fourth-order valence-electron chi connectivity index (χ4n) is 3.10. The van der Waals surface area contributed by atoms with E-state index in [1.54, 1.807) is 0 Å². The molecule has 0 fully saturated rings. The second kappa shape index (κ2) is 7.59. The van der Waals surface area contributed by atoms with E-state index in [1.807, 2.05) is 18.2 Å². The highest BCUT2D eigenvalue weighted by atomic mass is 79.9. The molecular formula is C24H18BrN. The molecule has 0 saturated heterocycles. The minimum Gasteiger partial charge on any atom is -0.310 e. The molecule has 0 atom stereocenters. The Bertz CT molecular complexity index is 943. The highest BCUT2D eigenvalue weighted by Crippen LogP contribution is 2.38. The molecule has 0 aromatic heterocycles. The molecule has 4 rings (SSSR count). The molecular weight excluding hydrogens is 382 g/mol. The predicted octanol–water partition coefficient (Wildman–Crippen LogP) is 7.59. The van der Waals surface area contributed by atoms with E-state index < -0.39 is 0 Å². The molecule has 1 nitrogen and oxygen atoms in total. The van der Waals surface area contributed by atoms with Gasteiger partial charge in [-0.3, -0.25) is 0 Å². The van der Waals surface area contributed by atoms with Gasteiger partial charge < -0.3 is 4.90 Å². The average Bonchev–Trinajstić information content (AvgIpc) is 2.70. The topological polar surface area (TPSA) is 3.24 Å². The van der Waals surface area contributed by atoms with Crippen molar-refractivity contribution in [2.24, 2.45) is 0 Å². The van der Waals surface area contributed by atoms with E-state index in [0.717, 1.165) is 21.5 Å². The van der Waals surface area contributed by atoms with Gasteiger partial charge in [-0.05, 0) is 53.6 Å². The van der Waals surface area contributed by atoms with E-state index in [1.165, 1.54) is 11.1 Å². The number of nitrogens with zero attached hydrogens (tertiary/aromatic N) is 1. The van der Waals surface area contributed by atoms with Crippen LogP contribution < -0.4 is 4.90 Å². The summed E-state index contributed by atoms with van der Waals surface area (Å²) in [6, 6.07) is 37.9. The Morgan fingerprint density at radius 3 is 1.50 bits per heavy atom. The number of benzene rings is 4. The third-order valence-corrected chi connectivity index (χ3v) is 4.73. The molecule has 0 saturated carbocycles. The van der Waals surface area contributed by atoms with Gasteiger partial charge in [0.2, 0.25) is 0 Å². The summed E-state index contributed by atoms with van der Waals surface area (Å²) in [5.74, 6) is 0. The van der Waals surface area contributed by atoms with Crippen molar-refractivity contribution >= 4 is 33.0 Å². The highest BCUT2D eigenvalue weighted by Gasteiger charge is 2.13. The fourth-order valence-corrected chi connectivity index (χ4v) is 3.58. The van der Waals surface area contributed by atoms with Crippen molar-refractivity contribution in [3.63, 3.8) is 0 Å². The Hall–Kier alpha value is -2.84. The third-order valence-electron chi connectivity index (χ3n) is 4.28. The van der Waals surface area contributed by atoms with E-state index in [0.29, 0.717) is 0 Å². The van der Waals surface area contributed by atoms with Gasteiger partial charge in [-0.25, -0.2) is 0 Å². The van der Waals surface area contributed by atoms with Crippen molar-refractivity contribution in [1.29, 1.82) is 0 Å². The number of rotatable bonds is 4. The van der Waals surface area contributed by atoms with Crippen LogP contribution in [0.4, 0.5) is 17.1 Å². The first kappa shape index (κ1) is 16.6. The minimum atomic E-state index is 1.06. The van der Waals surface area contributed by atoms with Gasteiger partial charge in [0.1, 0.15) is 0 Å². The van der Waals surface area contributed by atoms with Crippen LogP contribution in [0, 0.1) is 0 Å². The quantitative estimate of drug-likeness (QED) is 0.341. The summed E-state index contributed by atoms with van der Waals surface area (Å²) in [5, 5.41) is 0. The lowest BCUT2D eigenvalue weighted by Crippen LogP contribution is -2.09. The number of hydrogen-bond donors (Lipinski definition) is 0. The summed E-state index contributed by atoms with van der Waals surface area (Å²) in [7, 11) is 0. The molecule has 0 unspecified atom stereocenters. The number of para-hydroxylation sites is 2. The lowest BCUT2D eigenvalue weighted by Gasteiger charge is -2.26. The van der Waals surface area contributed by atoms with Crippen LogP contribution >= 0.6 is 15.9 Å². The Kier molecular flexibility index (Phi) is 4.85. The van der Waals surface area contributed by atoms with Crippen molar-refractivity contribution in [2.75, 3.05) is 4.90 Å². The Morgan fingerprint density at radius 1 is 0.462 bits per heavy atom. The fraction of sp³-hybridized carbons (Fsp3) is 0. The first-order chi connectivity index (χ1) is 12.8. The molecule has 0 aliphatic rings. The van der Waals surface area contributed by atoms with E-state index in [9.17, 15) is 0 Å². The van der Waals surface area contributed by atoms with Crippen molar-refractivity contribution in [3.05, 3.63) is 114 Å². The molecule has 0 bridgehead atoms. The van der Waals surface area contributed by atoms with Crippen molar-refractivity contribution < 1.29 is 0 Å². The van der Waals surface area contributed by atoms with Crippen LogP contribution in [0.2, 0.25) is 0 Å². The standard InChI is InChI=1S/C24H18BrN/c25-21-16-20(19-10-4-1-5-11-19)17-24(18-21)26(22-12-6-2-7-13-22)23-14-8-3-9-15-23/h1-18H. The summed E-state index contributed by atoms with van der Waals surface area (Å²) in [4.78, 5) is 2.28. The second-order valence-electron chi connectivity index (χ2n) is 6.07. The van der Waals surface area contributed by atoms with Crippen molar-refractivity contribution in [3.8, 4) is 11.1 Å². The highest BCUT2D eigenvalue weighted by molar-refractivity contribution is 9.10. The first-order valence-corrected chi connectivity index (χ1v) is 9.37. The van der Waals surface area contributed by atoms with E-state index in [4.69, 9.17) is 0 Å². The molecule has 0 radical (unpaired) electrons. The summed E-state index contributed by atoms with van der Waals surface area (Å²) in [6.45, 7) is 0. The van der Waals surface area contributed by atoms with Gasteiger partial charge in [0.25, 0.3) is 0 Å². The molecule has 0 aliphatic carbocycles. The lowest BCUT2D eigenvalue weighted by atomic mass is 10.0. The van der Waals surface area contributed by atoms with Crippen LogP contribution in [0.1, 0.15) is 0 Å². The molecule has 0 heterocycles. The van der Waals surface area contributed by atoms with Gasteiger partial charge in [-0.2, -0.15) is 0 Å². The third kappa shape index (κ3) is 3.56. The normalized spacial score (nSPS) is 10.5. The summed E-state index contributed by atoms with van der Waals surface area (Å²) >= 11 is 3.70. The van der Waals surface area contributed by atoms with Gasteiger partial charge in [-0.15, -0.1) is 0 Å². The largest absolute Gasteiger partial charge is 0.310 e. The van der Waals surface area contributed by atoms with Crippen LogP contribution in [0.5, 0.6) is 0 Å². The van der Waals surface area contributed by atoms with Gasteiger partial charge >= 0.3 is 0 Å². The smallest absolute Gasteiger partial charge is 0.0479 e. The maximum absolute atomic E-state index is 3.70. The zero-order valence-corrected chi connectivity index (χ0v) is 15.8. The van der Waals surface area contributed by atoms with E-state index >= 15 is 0 Å². The zero-order chi connectivity index (χ0) is 17.8. The number of anilines is 3. The van der Waals surface area contributed by atoms with Gasteiger partial charge in [0.05, 0.1) is 0 Å². The van der Waals surface area contributed by atoms with Crippen LogP contribution in [0.15, 0.2) is 114 Å². The van der Waals surface area contributed by atoms with Crippen molar-refractivity contribution in [2.45, 2.75) is 0 Å². The molecule has 2 heteroatoms. The van der Waals surface area contributed by atoms with E-state index in [2.05, 4.69) is 112 Å². The minimum absolute atomic E-state index is 1.06. The molecule has 4 aromatic rings. The average molecular weight is 400 g/mol. The summed E-state index contributed by atoms with van der Waals surface area (Å²) in [5.41, 5.74) is 5.78. The molecule has 126 valence electrons. The van der Waals surface area contributed by atoms with E-state index in [-0.39, 0.29) is 0 Å². The number of halogens is 1. The lowest BCUT2D eigenvalue weighted by molar-refractivity contribution is 1.28. The van der Waals surface area contributed by atoms with Gasteiger partial charge in [0, 0.05) is 21.5 Å².